The smallest absolute Gasteiger partial charge is 0.230 e. The zero-order chi connectivity index (χ0) is 19.3. The van der Waals surface area contributed by atoms with E-state index < -0.39 is 0 Å². The Labute approximate surface area is 163 Å². The standard InChI is InChI=1S/C19H25N7O2/c1-28-16-4-2-3-14(25-19-23-11-21-12-24-19)18(16)26-8-7-20-10-15(26)13-5-6-17(27)22-9-13/h2-4,11-13,15,20H,5-10H2,1H3,(H,22,27)(H,21,23,24,25). The minimum atomic E-state index is 0.140. The van der Waals surface area contributed by atoms with Crippen LogP contribution in [0.2, 0.25) is 0 Å². The molecule has 2 unspecified atom stereocenters. The summed E-state index contributed by atoms with van der Waals surface area (Å²) in [7, 11) is 1.68. The summed E-state index contributed by atoms with van der Waals surface area (Å²) in [5, 5.41) is 9.82. The van der Waals surface area contributed by atoms with Crippen LogP contribution >= 0.6 is 0 Å². The van der Waals surface area contributed by atoms with Crippen LogP contribution in [0.25, 0.3) is 0 Å². The Balaban J connectivity index is 1.67. The number of ether oxygens (including phenoxy) is 1. The Morgan fingerprint density at radius 3 is 2.86 bits per heavy atom. The van der Waals surface area contributed by atoms with Gasteiger partial charge in [-0.15, -0.1) is 0 Å². The lowest BCUT2D eigenvalue weighted by Gasteiger charge is -2.44. The summed E-state index contributed by atoms with van der Waals surface area (Å²) in [6.45, 7) is 3.30. The number of rotatable bonds is 5. The molecule has 1 aromatic heterocycles. The Morgan fingerprint density at radius 2 is 2.11 bits per heavy atom. The van der Waals surface area contributed by atoms with E-state index in [1.54, 1.807) is 7.11 Å². The first-order chi connectivity index (χ1) is 13.8. The normalized spacial score (nSPS) is 22.5. The molecule has 2 fully saturated rings. The molecule has 0 radical (unpaired) electrons. The highest BCUT2D eigenvalue weighted by atomic mass is 16.5. The first kappa shape index (κ1) is 18.4. The Kier molecular flexibility index (Phi) is 5.52. The van der Waals surface area contributed by atoms with Gasteiger partial charge in [0.1, 0.15) is 24.1 Å². The summed E-state index contributed by atoms with van der Waals surface area (Å²) in [5.74, 6) is 1.80. The molecule has 0 spiro atoms. The molecular formula is C19H25N7O2. The number of hydrogen-bond donors (Lipinski definition) is 3. The molecule has 148 valence electrons. The first-order valence-electron chi connectivity index (χ1n) is 9.56. The van der Waals surface area contributed by atoms with Gasteiger partial charge in [0.05, 0.1) is 12.8 Å². The number of para-hydroxylation sites is 1. The summed E-state index contributed by atoms with van der Waals surface area (Å²) in [6, 6.07) is 6.17. The van der Waals surface area contributed by atoms with Crippen molar-refractivity contribution in [1.82, 2.24) is 25.6 Å². The van der Waals surface area contributed by atoms with Crippen molar-refractivity contribution < 1.29 is 9.53 Å². The number of nitrogens with zero attached hydrogens (tertiary/aromatic N) is 4. The number of carbonyl (C=O) groups is 1. The highest BCUT2D eigenvalue weighted by molar-refractivity contribution is 5.80. The van der Waals surface area contributed by atoms with Crippen LogP contribution in [0.5, 0.6) is 5.75 Å². The molecule has 2 atom stereocenters. The average Bonchev–Trinajstić information content (AvgIpc) is 2.75. The molecule has 0 saturated carbocycles. The molecule has 9 nitrogen and oxygen atoms in total. The molecule has 28 heavy (non-hydrogen) atoms. The highest BCUT2D eigenvalue weighted by Gasteiger charge is 2.34. The number of piperidine rings is 1. The molecule has 0 aliphatic carbocycles. The Morgan fingerprint density at radius 1 is 1.25 bits per heavy atom. The third kappa shape index (κ3) is 3.84. The van der Waals surface area contributed by atoms with Crippen LogP contribution in [0.15, 0.2) is 30.9 Å². The molecule has 0 bridgehead atoms. The van der Waals surface area contributed by atoms with Crippen LogP contribution < -0.4 is 25.6 Å². The molecule has 3 N–H and O–H groups in total. The molecule has 3 heterocycles. The topological polar surface area (TPSA) is 104 Å². The minimum absolute atomic E-state index is 0.140. The lowest BCUT2D eigenvalue weighted by Crippen LogP contribution is -2.57. The van der Waals surface area contributed by atoms with E-state index in [2.05, 4.69) is 35.8 Å². The lowest BCUT2D eigenvalue weighted by molar-refractivity contribution is -0.123. The molecule has 1 aromatic carbocycles. The van der Waals surface area contributed by atoms with Crippen molar-refractivity contribution in [3.05, 3.63) is 30.9 Å². The summed E-state index contributed by atoms with van der Waals surface area (Å²) >= 11 is 0. The predicted molar refractivity (Wildman–Crippen MR) is 106 cm³/mol. The van der Waals surface area contributed by atoms with E-state index >= 15 is 0 Å². The second kappa shape index (κ2) is 8.39. The second-order valence-corrected chi connectivity index (χ2v) is 7.01. The summed E-state index contributed by atoms with van der Waals surface area (Å²) in [5.41, 5.74) is 1.88. The van der Waals surface area contributed by atoms with Crippen LogP contribution in [0.3, 0.4) is 0 Å². The van der Waals surface area contributed by atoms with Crippen molar-refractivity contribution in [2.24, 2.45) is 5.92 Å². The van der Waals surface area contributed by atoms with Gasteiger partial charge >= 0.3 is 0 Å². The molecule has 4 rings (SSSR count). The van der Waals surface area contributed by atoms with E-state index in [1.165, 1.54) is 12.7 Å². The van der Waals surface area contributed by atoms with Crippen molar-refractivity contribution in [1.29, 1.82) is 0 Å². The molecule has 2 aliphatic heterocycles. The van der Waals surface area contributed by atoms with Crippen molar-refractivity contribution in [3.63, 3.8) is 0 Å². The third-order valence-electron chi connectivity index (χ3n) is 5.38. The zero-order valence-electron chi connectivity index (χ0n) is 15.9. The summed E-state index contributed by atoms with van der Waals surface area (Å²) < 4.78 is 5.70. The van der Waals surface area contributed by atoms with Crippen LogP contribution in [0, 0.1) is 5.92 Å². The zero-order valence-corrected chi connectivity index (χ0v) is 15.9. The fourth-order valence-corrected chi connectivity index (χ4v) is 4.01. The van der Waals surface area contributed by atoms with Crippen LogP contribution in [-0.2, 0) is 4.79 Å². The van der Waals surface area contributed by atoms with E-state index in [4.69, 9.17) is 4.74 Å². The number of aromatic nitrogens is 3. The van der Waals surface area contributed by atoms with Gasteiger partial charge in [-0.2, -0.15) is 0 Å². The quantitative estimate of drug-likeness (QED) is 0.700. The second-order valence-electron chi connectivity index (χ2n) is 7.01. The number of nitrogens with one attached hydrogen (secondary N) is 3. The maximum absolute atomic E-state index is 11.6. The van der Waals surface area contributed by atoms with Gasteiger partial charge in [0.2, 0.25) is 11.9 Å². The Bertz CT molecular complexity index is 807. The van der Waals surface area contributed by atoms with Gasteiger partial charge < -0.3 is 25.6 Å². The molecule has 2 saturated heterocycles. The number of carbonyl (C=O) groups excluding carboxylic acids is 1. The summed E-state index contributed by atoms with van der Waals surface area (Å²) in [4.78, 5) is 26.2. The van der Waals surface area contributed by atoms with E-state index in [-0.39, 0.29) is 11.9 Å². The van der Waals surface area contributed by atoms with Crippen LogP contribution in [0.1, 0.15) is 12.8 Å². The van der Waals surface area contributed by atoms with Crippen molar-refractivity contribution in [2.45, 2.75) is 18.9 Å². The lowest BCUT2D eigenvalue weighted by atomic mass is 9.88. The maximum Gasteiger partial charge on any atom is 0.230 e. The number of piperazine rings is 1. The van der Waals surface area contributed by atoms with Crippen LogP contribution in [0.4, 0.5) is 17.3 Å². The molecule has 2 aromatic rings. The molecule has 1 amide bonds. The van der Waals surface area contributed by atoms with Crippen molar-refractivity contribution >= 4 is 23.2 Å². The van der Waals surface area contributed by atoms with E-state index in [0.29, 0.717) is 24.8 Å². The van der Waals surface area contributed by atoms with E-state index in [0.717, 1.165) is 43.2 Å². The SMILES string of the molecule is COc1cccc(Nc2ncncn2)c1N1CCNCC1C1CCC(=O)NC1. The number of anilines is 3. The monoisotopic (exact) mass is 383 g/mol. The summed E-state index contributed by atoms with van der Waals surface area (Å²) in [6.07, 6.45) is 4.40. The maximum atomic E-state index is 11.6. The predicted octanol–water partition coefficient (Wildman–Crippen LogP) is 0.928. The molecule has 2 aliphatic rings. The fourth-order valence-electron chi connectivity index (χ4n) is 4.01. The Hall–Kier alpha value is -2.94. The van der Waals surface area contributed by atoms with Gasteiger partial charge in [-0.1, -0.05) is 6.07 Å². The van der Waals surface area contributed by atoms with Gasteiger partial charge in [-0.25, -0.2) is 15.0 Å². The van der Waals surface area contributed by atoms with Crippen LogP contribution in [-0.4, -0.2) is 60.2 Å². The highest BCUT2D eigenvalue weighted by Crippen LogP contribution is 2.40. The van der Waals surface area contributed by atoms with Gasteiger partial charge in [0, 0.05) is 38.6 Å². The average molecular weight is 383 g/mol. The molecular weight excluding hydrogens is 358 g/mol. The largest absolute Gasteiger partial charge is 0.495 e. The van der Waals surface area contributed by atoms with Crippen molar-refractivity contribution in [3.8, 4) is 5.75 Å². The minimum Gasteiger partial charge on any atom is -0.495 e. The molecule has 9 heteroatoms. The number of hydrogen-bond acceptors (Lipinski definition) is 8. The third-order valence-corrected chi connectivity index (χ3v) is 5.38. The first-order valence-corrected chi connectivity index (χ1v) is 9.56. The van der Waals surface area contributed by atoms with Gasteiger partial charge in [-0.05, 0) is 24.5 Å². The van der Waals surface area contributed by atoms with E-state index in [9.17, 15) is 4.79 Å². The number of amides is 1. The van der Waals surface area contributed by atoms with Crippen molar-refractivity contribution in [2.75, 3.05) is 43.5 Å². The number of methoxy groups -OCH3 is 1. The number of benzene rings is 1. The van der Waals surface area contributed by atoms with Gasteiger partial charge in [0.25, 0.3) is 0 Å². The van der Waals surface area contributed by atoms with Gasteiger partial charge in [0.15, 0.2) is 0 Å². The fraction of sp³-hybridized carbons (Fsp3) is 0.474. The van der Waals surface area contributed by atoms with E-state index in [1.807, 2.05) is 18.2 Å². The van der Waals surface area contributed by atoms with Gasteiger partial charge in [-0.3, -0.25) is 4.79 Å².